The van der Waals surface area contributed by atoms with Gasteiger partial charge in [0.1, 0.15) is 0 Å². The Bertz CT molecular complexity index is 750. The van der Waals surface area contributed by atoms with Crippen LogP contribution in [0.3, 0.4) is 0 Å². The van der Waals surface area contributed by atoms with Gasteiger partial charge < -0.3 is 25.4 Å². The molecular formula is C17H19N3O3S. The van der Waals surface area contributed by atoms with Crippen molar-refractivity contribution in [3.63, 3.8) is 0 Å². The highest BCUT2D eigenvalue weighted by Crippen LogP contribution is 2.29. The lowest BCUT2D eigenvalue weighted by atomic mass is 10.2. The summed E-state index contributed by atoms with van der Waals surface area (Å²) in [5.41, 5.74) is 2.23. The molecule has 126 valence electrons. The van der Waals surface area contributed by atoms with Crippen molar-refractivity contribution >= 4 is 40.3 Å². The molecule has 0 aliphatic rings. The SMILES string of the molecule is COc1ccc(NC(=S)Nc2cccc(NC(C)=O)c2)cc1OC. The molecule has 0 radical (unpaired) electrons. The van der Waals surface area contributed by atoms with Crippen LogP contribution in [0, 0.1) is 0 Å². The Kier molecular flexibility index (Phi) is 5.97. The van der Waals surface area contributed by atoms with Crippen LogP contribution in [0.15, 0.2) is 42.5 Å². The average Bonchev–Trinajstić information content (AvgIpc) is 2.54. The van der Waals surface area contributed by atoms with Crippen molar-refractivity contribution in [1.29, 1.82) is 0 Å². The number of ether oxygens (including phenoxy) is 2. The highest BCUT2D eigenvalue weighted by atomic mass is 32.1. The van der Waals surface area contributed by atoms with E-state index in [1.54, 1.807) is 38.5 Å². The number of thiocarbonyl (C=S) groups is 1. The molecule has 0 bridgehead atoms. The Hall–Kier alpha value is -2.80. The minimum atomic E-state index is -0.127. The number of methoxy groups -OCH3 is 2. The van der Waals surface area contributed by atoms with Gasteiger partial charge >= 0.3 is 0 Å². The Labute approximate surface area is 146 Å². The van der Waals surface area contributed by atoms with Gasteiger partial charge in [-0.2, -0.15) is 0 Å². The summed E-state index contributed by atoms with van der Waals surface area (Å²) in [5.74, 6) is 1.13. The van der Waals surface area contributed by atoms with Crippen LogP contribution in [0.4, 0.5) is 17.1 Å². The topological polar surface area (TPSA) is 71.6 Å². The first-order valence-corrected chi connectivity index (χ1v) is 7.60. The second-order valence-electron chi connectivity index (χ2n) is 4.91. The summed E-state index contributed by atoms with van der Waals surface area (Å²) in [6.45, 7) is 1.46. The molecule has 3 N–H and O–H groups in total. The maximum absolute atomic E-state index is 11.1. The quantitative estimate of drug-likeness (QED) is 0.721. The van der Waals surface area contributed by atoms with Crippen LogP contribution < -0.4 is 25.4 Å². The third-order valence-electron chi connectivity index (χ3n) is 3.08. The molecule has 0 unspecified atom stereocenters. The lowest BCUT2D eigenvalue weighted by molar-refractivity contribution is -0.114. The van der Waals surface area contributed by atoms with Crippen LogP contribution >= 0.6 is 12.2 Å². The van der Waals surface area contributed by atoms with E-state index in [4.69, 9.17) is 21.7 Å². The van der Waals surface area contributed by atoms with E-state index in [1.165, 1.54) is 6.92 Å². The smallest absolute Gasteiger partial charge is 0.221 e. The van der Waals surface area contributed by atoms with Gasteiger partial charge in [-0.05, 0) is 42.5 Å². The van der Waals surface area contributed by atoms with Gasteiger partial charge in [-0.15, -0.1) is 0 Å². The van der Waals surface area contributed by atoms with Gasteiger partial charge in [0.25, 0.3) is 0 Å². The van der Waals surface area contributed by atoms with Gasteiger partial charge in [0.2, 0.25) is 5.91 Å². The van der Waals surface area contributed by atoms with E-state index in [9.17, 15) is 4.79 Å². The van der Waals surface area contributed by atoms with Crippen molar-refractivity contribution in [2.75, 3.05) is 30.2 Å². The highest BCUT2D eigenvalue weighted by Gasteiger charge is 2.06. The molecule has 0 heterocycles. The number of amides is 1. The summed E-state index contributed by atoms with van der Waals surface area (Å²) >= 11 is 5.31. The fourth-order valence-corrected chi connectivity index (χ4v) is 2.32. The first-order chi connectivity index (χ1) is 11.5. The van der Waals surface area contributed by atoms with E-state index in [0.29, 0.717) is 22.3 Å². The number of hydrogen-bond donors (Lipinski definition) is 3. The molecular weight excluding hydrogens is 326 g/mol. The number of carbonyl (C=O) groups excluding carboxylic acids is 1. The third kappa shape index (κ3) is 4.85. The average molecular weight is 345 g/mol. The number of benzene rings is 2. The standard InChI is InChI=1S/C17H19N3O3S/c1-11(21)18-12-5-4-6-13(9-12)19-17(24)20-14-7-8-15(22-2)16(10-14)23-3/h4-10H,1-3H3,(H,18,21)(H2,19,20,24). The van der Waals surface area contributed by atoms with Crippen LogP contribution in [0.1, 0.15) is 6.92 Å². The molecule has 2 aromatic rings. The first-order valence-electron chi connectivity index (χ1n) is 7.19. The largest absolute Gasteiger partial charge is 0.493 e. The molecule has 0 saturated carbocycles. The zero-order chi connectivity index (χ0) is 17.5. The number of hydrogen-bond acceptors (Lipinski definition) is 4. The molecule has 0 aromatic heterocycles. The molecule has 2 aromatic carbocycles. The van der Waals surface area contributed by atoms with E-state index in [0.717, 1.165) is 11.4 Å². The van der Waals surface area contributed by atoms with E-state index < -0.39 is 0 Å². The van der Waals surface area contributed by atoms with E-state index in [2.05, 4.69) is 16.0 Å². The number of nitrogens with one attached hydrogen (secondary N) is 3. The molecule has 1 amide bonds. The minimum absolute atomic E-state index is 0.127. The van der Waals surface area contributed by atoms with Crippen molar-refractivity contribution in [2.45, 2.75) is 6.92 Å². The molecule has 6 nitrogen and oxygen atoms in total. The second kappa shape index (κ2) is 8.16. The van der Waals surface area contributed by atoms with Gasteiger partial charge in [-0.25, -0.2) is 0 Å². The van der Waals surface area contributed by atoms with Gasteiger partial charge in [-0.1, -0.05) is 6.07 Å². The predicted molar refractivity (Wildman–Crippen MR) is 100 cm³/mol. The molecule has 0 fully saturated rings. The van der Waals surface area contributed by atoms with E-state index in [-0.39, 0.29) is 5.91 Å². The van der Waals surface area contributed by atoms with Crippen LogP contribution in [0.2, 0.25) is 0 Å². The molecule has 0 saturated heterocycles. The zero-order valence-corrected chi connectivity index (χ0v) is 14.5. The van der Waals surface area contributed by atoms with Crippen molar-refractivity contribution in [3.05, 3.63) is 42.5 Å². The number of rotatable bonds is 5. The van der Waals surface area contributed by atoms with Gasteiger partial charge in [-0.3, -0.25) is 4.79 Å². The normalized spacial score (nSPS) is 9.79. The third-order valence-corrected chi connectivity index (χ3v) is 3.29. The van der Waals surface area contributed by atoms with Crippen molar-refractivity contribution in [2.24, 2.45) is 0 Å². The molecule has 2 rings (SSSR count). The fraction of sp³-hybridized carbons (Fsp3) is 0.176. The van der Waals surface area contributed by atoms with Gasteiger partial charge in [0.15, 0.2) is 16.6 Å². The summed E-state index contributed by atoms with van der Waals surface area (Å²) in [5, 5.41) is 9.28. The van der Waals surface area contributed by atoms with E-state index >= 15 is 0 Å². The summed E-state index contributed by atoms with van der Waals surface area (Å²) < 4.78 is 10.5. The Balaban J connectivity index is 2.04. The highest BCUT2D eigenvalue weighted by molar-refractivity contribution is 7.80. The maximum atomic E-state index is 11.1. The molecule has 0 spiro atoms. The summed E-state index contributed by atoms with van der Waals surface area (Å²) in [4.78, 5) is 11.1. The molecule has 0 atom stereocenters. The van der Waals surface area contributed by atoms with Crippen LogP contribution in [0.5, 0.6) is 11.5 Å². The Morgan fingerprint density at radius 3 is 2.04 bits per heavy atom. The minimum Gasteiger partial charge on any atom is -0.493 e. The Morgan fingerprint density at radius 2 is 1.46 bits per heavy atom. The van der Waals surface area contributed by atoms with Crippen LogP contribution in [-0.2, 0) is 4.79 Å². The lowest BCUT2D eigenvalue weighted by Crippen LogP contribution is -2.19. The van der Waals surface area contributed by atoms with Gasteiger partial charge in [0.05, 0.1) is 14.2 Å². The van der Waals surface area contributed by atoms with Crippen LogP contribution in [0.25, 0.3) is 0 Å². The summed E-state index contributed by atoms with van der Waals surface area (Å²) in [6.07, 6.45) is 0. The lowest BCUT2D eigenvalue weighted by Gasteiger charge is -2.13. The molecule has 24 heavy (non-hydrogen) atoms. The zero-order valence-electron chi connectivity index (χ0n) is 13.7. The van der Waals surface area contributed by atoms with Crippen molar-refractivity contribution in [1.82, 2.24) is 0 Å². The molecule has 7 heteroatoms. The maximum Gasteiger partial charge on any atom is 0.221 e. The van der Waals surface area contributed by atoms with Crippen molar-refractivity contribution in [3.8, 4) is 11.5 Å². The monoisotopic (exact) mass is 345 g/mol. The summed E-state index contributed by atoms with van der Waals surface area (Å²) in [6, 6.07) is 12.7. The number of carbonyl (C=O) groups is 1. The molecule has 0 aliphatic carbocycles. The number of anilines is 3. The summed E-state index contributed by atoms with van der Waals surface area (Å²) in [7, 11) is 3.16. The predicted octanol–water partition coefficient (Wildman–Crippen LogP) is 3.47. The van der Waals surface area contributed by atoms with E-state index in [1.807, 2.05) is 18.2 Å². The molecule has 0 aliphatic heterocycles. The van der Waals surface area contributed by atoms with Crippen LogP contribution in [-0.4, -0.2) is 25.2 Å². The van der Waals surface area contributed by atoms with Gasteiger partial charge in [0, 0.05) is 30.1 Å². The fourth-order valence-electron chi connectivity index (χ4n) is 2.09. The Morgan fingerprint density at radius 1 is 0.875 bits per heavy atom. The van der Waals surface area contributed by atoms with Crippen molar-refractivity contribution < 1.29 is 14.3 Å². The first kappa shape index (κ1) is 17.6. The second-order valence-corrected chi connectivity index (χ2v) is 5.32.